The normalized spacial score (nSPS) is 21.6. The molecular weight excluding hydrogens is 503 g/mol. The highest BCUT2D eigenvalue weighted by atomic mass is 32.2. The molecule has 2 N–H and O–H groups in total. The first kappa shape index (κ1) is 27.5. The van der Waals surface area contributed by atoms with Crippen molar-refractivity contribution in [1.82, 2.24) is 9.62 Å². The number of sulfonamides is 1. The second-order valence-electron chi connectivity index (χ2n) is 9.31. The predicted octanol–water partition coefficient (Wildman–Crippen LogP) is 2.48. The molecule has 2 heterocycles. The van der Waals surface area contributed by atoms with E-state index in [9.17, 15) is 22.7 Å². The Labute approximate surface area is 216 Å². The number of carbonyl (C=O) groups excluding carboxylic acids is 1. The van der Waals surface area contributed by atoms with Crippen LogP contribution in [-0.4, -0.2) is 81.2 Å². The van der Waals surface area contributed by atoms with Crippen LogP contribution in [0.3, 0.4) is 0 Å². The zero-order valence-corrected chi connectivity index (χ0v) is 21.3. The van der Waals surface area contributed by atoms with E-state index in [0.717, 1.165) is 28.4 Å². The van der Waals surface area contributed by atoms with Crippen LogP contribution in [0.5, 0.6) is 0 Å². The SMILES string of the molecule is O=C(N[C@@H](Cc1ccccc1)[C@H](O)CN(CC1CCCO1)S(=O)(=O)c1ccc(F)cc1)O[C@H]1CCOC1. The van der Waals surface area contributed by atoms with Gasteiger partial charge in [-0.25, -0.2) is 17.6 Å². The lowest BCUT2D eigenvalue weighted by Gasteiger charge is -2.31. The minimum absolute atomic E-state index is 0.0265. The number of nitrogens with one attached hydrogen (secondary N) is 1. The van der Waals surface area contributed by atoms with Crippen LogP contribution in [0.15, 0.2) is 59.5 Å². The number of hydrogen-bond donors (Lipinski definition) is 2. The lowest BCUT2D eigenvalue weighted by Crippen LogP contribution is -2.52. The fourth-order valence-corrected chi connectivity index (χ4v) is 5.96. The van der Waals surface area contributed by atoms with Crippen LogP contribution in [-0.2, 0) is 30.7 Å². The van der Waals surface area contributed by atoms with Crippen molar-refractivity contribution in [2.75, 3.05) is 32.9 Å². The maximum atomic E-state index is 13.5. The van der Waals surface area contributed by atoms with Crippen LogP contribution in [0.2, 0.25) is 0 Å². The first-order chi connectivity index (χ1) is 17.8. The number of carbonyl (C=O) groups is 1. The van der Waals surface area contributed by atoms with Crippen molar-refractivity contribution in [3.63, 3.8) is 0 Å². The molecule has 0 spiro atoms. The number of benzene rings is 2. The van der Waals surface area contributed by atoms with E-state index in [1.54, 1.807) is 0 Å². The van der Waals surface area contributed by atoms with E-state index in [-0.39, 0.29) is 36.6 Å². The number of nitrogens with zero attached hydrogens (tertiary/aromatic N) is 1. The Morgan fingerprint density at radius 1 is 1.14 bits per heavy atom. The molecule has 2 aliphatic rings. The van der Waals surface area contributed by atoms with Gasteiger partial charge in [-0.15, -0.1) is 0 Å². The van der Waals surface area contributed by atoms with Gasteiger partial charge in [-0.05, 0) is 49.1 Å². The Morgan fingerprint density at radius 2 is 1.89 bits per heavy atom. The zero-order chi connectivity index (χ0) is 26.3. The summed E-state index contributed by atoms with van der Waals surface area (Å²) in [4.78, 5) is 12.5. The summed E-state index contributed by atoms with van der Waals surface area (Å²) in [5.41, 5.74) is 0.850. The Balaban J connectivity index is 1.53. The van der Waals surface area contributed by atoms with E-state index in [4.69, 9.17) is 14.2 Å². The van der Waals surface area contributed by atoms with Gasteiger partial charge in [0.2, 0.25) is 10.0 Å². The standard InChI is InChI=1S/C26H33FN2O7S/c27-20-8-10-23(11-9-20)37(32,33)29(16-21-7-4-13-35-21)17-25(30)24(15-19-5-2-1-3-6-19)28-26(31)36-22-12-14-34-18-22/h1-3,5-6,8-11,21-22,24-25,30H,4,7,12-18H2,(H,28,31)/t21?,22-,24-,25+/m0/s1. The van der Waals surface area contributed by atoms with E-state index >= 15 is 0 Å². The molecule has 2 fully saturated rings. The minimum atomic E-state index is -4.09. The maximum absolute atomic E-state index is 13.5. The maximum Gasteiger partial charge on any atom is 0.407 e. The number of rotatable bonds is 11. The second-order valence-corrected chi connectivity index (χ2v) is 11.2. The molecule has 2 aromatic rings. The number of halogens is 1. The molecule has 0 bridgehead atoms. The van der Waals surface area contributed by atoms with Crippen LogP contribution < -0.4 is 5.32 Å². The van der Waals surface area contributed by atoms with Crippen molar-refractivity contribution in [3.05, 3.63) is 66.0 Å². The summed E-state index contributed by atoms with van der Waals surface area (Å²) in [7, 11) is -4.09. The number of ether oxygens (including phenoxy) is 3. The van der Waals surface area contributed by atoms with Crippen molar-refractivity contribution in [3.8, 4) is 0 Å². The van der Waals surface area contributed by atoms with Gasteiger partial charge in [0, 0.05) is 26.1 Å². The topological polar surface area (TPSA) is 114 Å². The number of hydrogen-bond acceptors (Lipinski definition) is 7. The molecule has 0 saturated carbocycles. The molecule has 37 heavy (non-hydrogen) atoms. The minimum Gasteiger partial charge on any atom is -0.444 e. The third kappa shape index (κ3) is 7.71. The van der Waals surface area contributed by atoms with Gasteiger partial charge in [0.15, 0.2) is 0 Å². The molecule has 1 amide bonds. The third-order valence-electron chi connectivity index (χ3n) is 6.50. The average Bonchev–Trinajstić information content (AvgIpc) is 3.58. The van der Waals surface area contributed by atoms with E-state index < -0.39 is 34.1 Å². The van der Waals surface area contributed by atoms with Gasteiger partial charge >= 0.3 is 6.09 Å². The molecule has 0 aliphatic carbocycles. The Morgan fingerprint density at radius 3 is 2.54 bits per heavy atom. The van der Waals surface area contributed by atoms with E-state index in [1.165, 1.54) is 12.1 Å². The largest absolute Gasteiger partial charge is 0.444 e. The Kier molecular flexibility index (Phi) is 9.49. The summed E-state index contributed by atoms with van der Waals surface area (Å²) >= 11 is 0. The monoisotopic (exact) mass is 536 g/mol. The fourth-order valence-electron chi connectivity index (χ4n) is 4.47. The number of aliphatic hydroxyl groups is 1. The number of amides is 1. The molecule has 4 atom stereocenters. The smallest absolute Gasteiger partial charge is 0.407 e. The van der Waals surface area contributed by atoms with Crippen molar-refractivity contribution in [2.24, 2.45) is 0 Å². The summed E-state index contributed by atoms with van der Waals surface area (Å²) in [6, 6.07) is 13.0. The van der Waals surface area contributed by atoms with Gasteiger partial charge in [0.05, 0.1) is 36.4 Å². The summed E-state index contributed by atoms with van der Waals surface area (Å²) in [5, 5.41) is 14.0. The summed E-state index contributed by atoms with van der Waals surface area (Å²) in [5.74, 6) is -0.553. The van der Waals surface area contributed by atoms with Gasteiger partial charge < -0.3 is 24.6 Å². The van der Waals surface area contributed by atoms with Gasteiger partial charge in [-0.2, -0.15) is 4.31 Å². The molecule has 2 saturated heterocycles. The van der Waals surface area contributed by atoms with E-state index in [0.29, 0.717) is 32.7 Å². The molecule has 4 rings (SSSR count). The first-order valence-electron chi connectivity index (χ1n) is 12.5. The average molecular weight is 537 g/mol. The van der Waals surface area contributed by atoms with Gasteiger partial charge in [0.25, 0.3) is 0 Å². The van der Waals surface area contributed by atoms with E-state index in [1.807, 2.05) is 30.3 Å². The van der Waals surface area contributed by atoms with Crippen LogP contribution in [0.25, 0.3) is 0 Å². The highest BCUT2D eigenvalue weighted by Gasteiger charge is 2.34. The molecule has 0 aromatic heterocycles. The first-order valence-corrected chi connectivity index (χ1v) is 13.9. The molecule has 202 valence electrons. The lowest BCUT2D eigenvalue weighted by atomic mass is 10.0. The highest BCUT2D eigenvalue weighted by molar-refractivity contribution is 7.89. The summed E-state index contributed by atoms with van der Waals surface area (Å²) < 4.78 is 58.0. The van der Waals surface area contributed by atoms with Crippen LogP contribution in [0, 0.1) is 5.82 Å². The Bertz CT molecular complexity index is 1110. The van der Waals surface area contributed by atoms with E-state index in [2.05, 4.69) is 5.32 Å². The molecule has 2 aliphatic heterocycles. The third-order valence-corrected chi connectivity index (χ3v) is 8.35. The van der Waals surface area contributed by atoms with Crippen LogP contribution in [0.1, 0.15) is 24.8 Å². The molecule has 1 unspecified atom stereocenters. The van der Waals surface area contributed by atoms with Crippen molar-refractivity contribution in [1.29, 1.82) is 0 Å². The van der Waals surface area contributed by atoms with Gasteiger partial charge in [0.1, 0.15) is 11.9 Å². The molecule has 11 heteroatoms. The zero-order valence-electron chi connectivity index (χ0n) is 20.5. The van der Waals surface area contributed by atoms with Gasteiger partial charge in [-0.1, -0.05) is 30.3 Å². The number of alkyl carbamates (subject to hydrolysis) is 1. The molecular formula is C26H33FN2O7S. The van der Waals surface area contributed by atoms with Crippen molar-refractivity contribution < 1.29 is 36.9 Å². The van der Waals surface area contributed by atoms with Crippen LogP contribution >= 0.6 is 0 Å². The molecule has 2 aromatic carbocycles. The van der Waals surface area contributed by atoms with Crippen LogP contribution in [0.4, 0.5) is 9.18 Å². The lowest BCUT2D eigenvalue weighted by molar-refractivity contribution is 0.0553. The van der Waals surface area contributed by atoms with Crippen molar-refractivity contribution >= 4 is 16.1 Å². The molecule has 9 nitrogen and oxygen atoms in total. The quantitative estimate of drug-likeness (QED) is 0.454. The second kappa shape index (κ2) is 12.8. The summed E-state index contributed by atoms with van der Waals surface area (Å²) in [6.45, 7) is 1.08. The Hall–Kier alpha value is -2.57. The molecule has 0 radical (unpaired) electrons. The van der Waals surface area contributed by atoms with Gasteiger partial charge in [-0.3, -0.25) is 0 Å². The summed E-state index contributed by atoms with van der Waals surface area (Å²) in [6.07, 6.45) is -0.335. The highest BCUT2D eigenvalue weighted by Crippen LogP contribution is 2.22. The fraction of sp³-hybridized carbons (Fsp3) is 0.500. The van der Waals surface area contributed by atoms with Crippen molar-refractivity contribution in [2.45, 2.75) is 54.9 Å². The number of aliphatic hydroxyl groups excluding tert-OH is 1. The predicted molar refractivity (Wildman–Crippen MR) is 133 cm³/mol.